The van der Waals surface area contributed by atoms with Crippen LogP contribution in [0.4, 0.5) is 0 Å². The van der Waals surface area contributed by atoms with E-state index >= 15 is 0 Å². The summed E-state index contributed by atoms with van der Waals surface area (Å²) in [5, 5.41) is 2.88. The molecule has 0 aromatic carbocycles. The minimum atomic E-state index is -0.239. The van der Waals surface area contributed by atoms with Gasteiger partial charge in [0.2, 0.25) is 5.91 Å². The molecular formula is C10H22N2OS. The highest BCUT2D eigenvalue weighted by atomic mass is 32.2. The normalized spacial score (nSPS) is 11.4. The zero-order chi connectivity index (χ0) is 11.0. The summed E-state index contributed by atoms with van der Waals surface area (Å²) in [6, 6.07) is 0. The number of amides is 1. The van der Waals surface area contributed by atoms with Crippen LogP contribution < -0.4 is 11.1 Å². The predicted molar refractivity (Wildman–Crippen MR) is 63.5 cm³/mol. The van der Waals surface area contributed by atoms with Gasteiger partial charge in [-0.25, -0.2) is 0 Å². The molecule has 0 fully saturated rings. The molecule has 0 bridgehead atoms. The fourth-order valence-corrected chi connectivity index (χ4v) is 1.40. The van der Waals surface area contributed by atoms with E-state index in [4.69, 9.17) is 5.73 Å². The number of hydrogen-bond donors (Lipinski definition) is 2. The first-order valence-corrected chi connectivity index (χ1v) is 6.39. The number of thioether (sulfide) groups is 1. The van der Waals surface area contributed by atoms with Gasteiger partial charge >= 0.3 is 0 Å². The SMILES string of the molecule is CSCCCNC(=O)CCC(C)(C)N. The summed E-state index contributed by atoms with van der Waals surface area (Å²) in [6.45, 7) is 4.66. The summed E-state index contributed by atoms with van der Waals surface area (Å²) in [5.41, 5.74) is 5.54. The molecule has 0 unspecified atom stereocenters. The Balaban J connectivity index is 3.38. The number of carbonyl (C=O) groups is 1. The van der Waals surface area contributed by atoms with Gasteiger partial charge in [0.15, 0.2) is 0 Å². The molecule has 0 saturated carbocycles. The average Bonchev–Trinajstić information content (AvgIpc) is 2.08. The number of nitrogens with two attached hydrogens (primary N) is 1. The van der Waals surface area contributed by atoms with Crippen molar-refractivity contribution in [3.63, 3.8) is 0 Å². The standard InChI is InChI=1S/C10H22N2OS/c1-10(2,11)6-5-9(13)12-7-4-8-14-3/h4-8,11H2,1-3H3,(H,12,13). The van der Waals surface area contributed by atoms with Crippen LogP contribution in [0.3, 0.4) is 0 Å². The molecule has 3 nitrogen and oxygen atoms in total. The van der Waals surface area contributed by atoms with Crippen molar-refractivity contribution >= 4 is 17.7 Å². The van der Waals surface area contributed by atoms with Gasteiger partial charge in [-0.1, -0.05) is 0 Å². The summed E-state index contributed by atoms with van der Waals surface area (Å²) < 4.78 is 0. The third-order valence-corrected chi connectivity index (χ3v) is 2.54. The van der Waals surface area contributed by atoms with E-state index in [0.29, 0.717) is 6.42 Å². The quantitative estimate of drug-likeness (QED) is 0.635. The number of hydrogen-bond acceptors (Lipinski definition) is 3. The van der Waals surface area contributed by atoms with Crippen molar-refractivity contribution in [1.82, 2.24) is 5.32 Å². The number of nitrogens with one attached hydrogen (secondary N) is 1. The Labute approximate surface area is 91.2 Å². The second-order valence-electron chi connectivity index (χ2n) is 4.18. The molecule has 84 valence electrons. The van der Waals surface area contributed by atoms with Crippen molar-refractivity contribution in [2.24, 2.45) is 5.73 Å². The van der Waals surface area contributed by atoms with Gasteiger partial charge in [-0.05, 0) is 38.7 Å². The third kappa shape index (κ3) is 9.86. The van der Waals surface area contributed by atoms with E-state index in [-0.39, 0.29) is 11.4 Å². The monoisotopic (exact) mass is 218 g/mol. The van der Waals surface area contributed by atoms with E-state index in [1.54, 1.807) is 11.8 Å². The molecule has 0 spiro atoms. The minimum absolute atomic E-state index is 0.115. The molecule has 0 aliphatic heterocycles. The van der Waals surface area contributed by atoms with E-state index in [1.165, 1.54) is 0 Å². The molecule has 0 aromatic rings. The minimum Gasteiger partial charge on any atom is -0.356 e. The maximum absolute atomic E-state index is 11.3. The van der Waals surface area contributed by atoms with Crippen molar-refractivity contribution in [3.8, 4) is 0 Å². The Morgan fingerprint density at radius 2 is 2.14 bits per heavy atom. The van der Waals surface area contributed by atoms with Crippen LogP contribution in [0.25, 0.3) is 0 Å². The molecule has 0 aromatic heterocycles. The lowest BCUT2D eigenvalue weighted by atomic mass is 10.00. The maximum atomic E-state index is 11.3. The Bertz CT molecular complexity index is 166. The Morgan fingerprint density at radius 1 is 1.50 bits per heavy atom. The van der Waals surface area contributed by atoms with E-state index < -0.39 is 0 Å². The molecule has 0 radical (unpaired) electrons. The van der Waals surface area contributed by atoms with Gasteiger partial charge < -0.3 is 11.1 Å². The third-order valence-electron chi connectivity index (χ3n) is 1.84. The van der Waals surface area contributed by atoms with Crippen LogP contribution in [0, 0.1) is 0 Å². The Hall–Kier alpha value is -0.220. The molecule has 0 aliphatic rings. The van der Waals surface area contributed by atoms with Crippen molar-refractivity contribution in [1.29, 1.82) is 0 Å². The molecule has 3 N–H and O–H groups in total. The first-order chi connectivity index (χ1) is 6.45. The Kier molecular flexibility index (Phi) is 7.01. The van der Waals surface area contributed by atoms with E-state index in [2.05, 4.69) is 11.6 Å². The summed E-state index contributed by atoms with van der Waals surface area (Å²) in [4.78, 5) is 11.3. The first-order valence-electron chi connectivity index (χ1n) is 5.00. The Morgan fingerprint density at radius 3 is 2.64 bits per heavy atom. The smallest absolute Gasteiger partial charge is 0.220 e. The highest BCUT2D eigenvalue weighted by Gasteiger charge is 2.12. The van der Waals surface area contributed by atoms with Crippen LogP contribution in [0.1, 0.15) is 33.1 Å². The highest BCUT2D eigenvalue weighted by molar-refractivity contribution is 7.98. The van der Waals surface area contributed by atoms with Crippen molar-refractivity contribution in [2.75, 3.05) is 18.6 Å². The summed E-state index contributed by atoms with van der Waals surface area (Å²) >= 11 is 1.80. The topological polar surface area (TPSA) is 55.1 Å². The lowest BCUT2D eigenvalue weighted by Crippen LogP contribution is -2.34. The van der Waals surface area contributed by atoms with Gasteiger partial charge in [0.1, 0.15) is 0 Å². The highest BCUT2D eigenvalue weighted by Crippen LogP contribution is 2.06. The number of carbonyl (C=O) groups excluding carboxylic acids is 1. The lowest BCUT2D eigenvalue weighted by Gasteiger charge is -2.17. The van der Waals surface area contributed by atoms with E-state index in [0.717, 1.165) is 25.1 Å². The summed E-state index contributed by atoms with van der Waals surface area (Å²) in [6.07, 6.45) is 4.38. The summed E-state index contributed by atoms with van der Waals surface area (Å²) in [5.74, 6) is 1.22. The molecule has 0 atom stereocenters. The van der Waals surface area contributed by atoms with Crippen molar-refractivity contribution in [3.05, 3.63) is 0 Å². The van der Waals surface area contributed by atoms with Gasteiger partial charge in [0.25, 0.3) is 0 Å². The fraction of sp³-hybridized carbons (Fsp3) is 0.900. The molecule has 14 heavy (non-hydrogen) atoms. The molecular weight excluding hydrogens is 196 g/mol. The van der Waals surface area contributed by atoms with Gasteiger partial charge in [-0.15, -0.1) is 0 Å². The average molecular weight is 218 g/mol. The van der Waals surface area contributed by atoms with E-state index in [9.17, 15) is 4.79 Å². The van der Waals surface area contributed by atoms with Gasteiger partial charge in [0, 0.05) is 18.5 Å². The number of rotatable bonds is 7. The largest absolute Gasteiger partial charge is 0.356 e. The van der Waals surface area contributed by atoms with Crippen LogP contribution in [-0.2, 0) is 4.79 Å². The van der Waals surface area contributed by atoms with Crippen molar-refractivity contribution < 1.29 is 4.79 Å². The molecule has 1 amide bonds. The fourth-order valence-electron chi connectivity index (χ4n) is 0.968. The molecule has 0 heterocycles. The predicted octanol–water partition coefficient (Wildman–Crippen LogP) is 1.37. The molecule has 0 aliphatic carbocycles. The van der Waals surface area contributed by atoms with Crippen LogP contribution in [-0.4, -0.2) is 30.0 Å². The van der Waals surface area contributed by atoms with Gasteiger partial charge in [-0.2, -0.15) is 11.8 Å². The van der Waals surface area contributed by atoms with Crippen LogP contribution in [0.15, 0.2) is 0 Å². The molecule has 0 rings (SSSR count). The van der Waals surface area contributed by atoms with Gasteiger partial charge in [-0.3, -0.25) is 4.79 Å². The van der Waals surface area contributed by atoms with Crippen LogP contribution in [0.2, 0.25) is 0 Å². The summed E-state index contributed by atoms with van der Waals surface area (Å²) in [7, 11) is 0. The second kappa shape index (κ2) is 7.12. The molecule has 0 saturated heterocycles. The zero-order valence-corrected chi connectivity index (χ0v) is 10.2. The van der Waals surface area contributed by atoms with Crippen LogP contribution >= 0.6 is 11.8 Å². The maximum Gasteiger partial charge on any atom is 0.220 e. The van der Waals surface area contributed by atoms with E-state index in [1.807, 2.05) is 13.8 Å². The van der Waals surface area contributed by atoms with Gasteiger partial charge in [0.05, 0.1) is 0 Å². The molecule has 4 heteroatoms. The van der Waals surface area contributed by atoms with Crippen molar-refractivity contribution in [2.45, 2.75) is 38.6 Å². The zero-order valence-electron chi connectivity index (χ0n) is 9.43. The van der Waals surface area contributed by atoms with Crippen LogP contribution in [0.5, 0.6) is 0 Å². The second-order valence-corrected chi connectivity index (χ2v) is 5.17. The lowest BCUT2D eigenvalue weighted by molar-refractivity contribution is -0.121. The first kappa shape index (κ1) is 13.8.